The van der Waals surface area contributed by atoms with Gasteiger partial charge in [-0.1, -0.05) is 35.9 Å². The number of likely N-dealkylation sites (N-methyl/N-ethyl adjacent to an activating group) is 1. The van der Waals surface area contributed by atoms with E-state index in [1.165, 1.54) is 0 Å². The Morgan fingerprint density at radius 1 is 1.23 bits per heavy atom. The number of amides is 1. The van der Waals surface area contributed by atoms with Crippen molar-refractivity contribution in [2.45, 2.75) is 25.4 Å². The van der Waals surface area contributed by atoms with Crippen LogP contribution in [0.3, 0.4) is 0 Å². The maximum Gasteiger partial charge on any atom is 0.244 e. The average molecular weight is 370 g/mol. The number of anilines is 1. The molecule has 0 unspecified atom stereocenters. The molecule has 26 heavy (non-hydrogen) atoms. The largest absolute Gasteiger partial charge is 0.439 e. The van der Waals surface area contributed by atoms with Crippen LogP contribution in [0.15, 0.2) is 52.9 Å². The van der Waals surface area contributed by atoms with Gasteiger partial charge in [-0.3, -0.25) is 9.69 Å². The van der Waals surface area contributed by atoms with Crippen LogP contribution in [-0.4, -0.2) is 35.4 Å². The van der Waals surface area contributed by atoms with Crippen LogP contribution in [0.1, 0.15) is 25.3 Å². The summed E-state index contributed by atoms with van der Waals surface area (Å²) in [5.41, 5.74) is 2.36. The molecular weight excluding hydrogens is 350 g/mol. The Kier molecular flexibility index (Phi) is 4.42. The molecule has 1 aromatic heterocycles. The molecule has 0 bridgehead atoms. The number of carbonyl (C=O) groups excluding carboxylic acids is 1. The smallest absolute Gasteiger partial charge is 0.244 e. The van der Waals surface area contributed by atoms with Crippen molar-refractivity contribution in [2.24, 2.45) is 0 Å². The first-order chi connectivity index (χ1) is 12.6. The summed E-state index contributed by atoms with van der Waals surface area (Å²) < 4.78 is 5.88. The van der Waals surface area contributed by atoms with Crippen molar-refractivity contribution in [1.29, 1.82) is 0 Å². The van der Waals surface area contributed by atoms with Gasteiger partial charge in [0.15, 0.2) is 5.58 Å². The van der Waals surface area contributed by atoms with Crippen LogP contribution in [0.25, 0.3) is 11.1 Å². The number of oxazole rings is 1. The predicted molar refractivity (Wildman–Crippen MR) is 102 cm³/mol. The third-order valence-corrected chi connectivity index (χ3v) is 5.41. The van der Waals surface area contributed by atoms with Crippen LogP contribution >= 0.6 is 11.6 Å². The van der Waals surface area contributed by atoms with Crippen molar-refractivity contribution < 1.29 is 9.21 Å². The second-order valence-electron chi connectivity index (χ2n) is 6.61. The molecule has 4 rings (SSSR count). The maximum absolute atomic E-state index is 13.0. The summed E-state index contributed by atoms with van der Waals surface area (Å²) in [4.78, 5) is 21.3. The van der Waals surface area contributed by atoms with Gasteiger partial charge in [0.05, 0.1) is 22.8 Å². The lowest BCUT2D eigenvalue weighted by Gasteiger charge is -2.27. The minimum absolute atomic E-state index is 0.0589. The van der Waals surface area contributed by atoms with Gasteiger partial charge in [-0.2, -0.15) is 0 Å². The highest BCUT2D eigenvalue weighted by Gasteiger charge is 2.38. The van der Waals surface area contributed by atoms with Crippen molar-refractivity contribution in [2.75, 3.05) is 18.5 Å². The fourth-order valence-corrected chi connectivity index (χ4v) is 3.70. The molecule has 6 heteroatoms. The Morgan fingerprint density at radius 3 is 2.73 bits per heavy atom. The molecule has 0 radical (unpaired) electrons. The topological polar surface area (TPSA) is 49.6 Å². The number of nitrogens with zero attached hydrogens (tertiary/aromatic N) is 3. The minimum Gasteiger partial charge on any atom is -0.439 e. The highest BCUT2D eigenvalue weighted by molar-refractivity contribution is 6.33. The van der Waals surface area contributed by atoms with Gasteiger partial charge in [0.1, 0.15) is 5.52 Å². The minimum atomic E-state index is -0.226. The zero-order valence-electron chi connectivity index (χ0n) is 14.7. The molecule has 1 aliphatic rings. The lowest BCUT2D eigenvalue weighted by atomic mass is 10.1. The van der Waals surface area contributed by atoms with Crippen LogP contribution in [-0.2, 0) is 4.79 Å². The zero-order chi connectivity index (χ0) is 18.3. The van der Waals surface area contributed by atoms with Gasteiger partial charge < -0.3 is 9.32 Å². The molecule has 1 saturated heterocycles. The standard InChI is InChI=1S/C20H20ClN3O2/c1-13(19-22-15-8-4-6-10-18(15)26-19)23(2)17-11-12-24(20(17)25)16-9-5-3-7-14(16)21/h3-10,13,17H,11-12H2,1-2H3/t13-,17-/m1/s1. The molecule has 134 valence electrons. The van der Waals surface area contributed by atoms with E-state index in [4.69, 9.17) is 16.0 Å². The molecule has 2 heterocycles. The van der Waals surface area contributed by atoms with Crippen molar-refractivity contribution in [3.63, 3.8) is 0 Å². The summed E-state index contributed by atoms with van der Waals surface area (Å²) in [6.45, 7) is 2.66. The summed E-state index contributed by atoms with van der Waals surface area (Å²) in [5, 5.41) is 0.594. The lowest BCUT2D eigenvalue weighted by Crippen LogP contribution is -2.41. The van der Waals surface area contributed by atoms with E-state index >= 15 is 0 Å². The summed E-state index contributed by atoms with van der Waals surface area (Å²) in [6, 6.07) is 14.8. The van der Waals surface area contributed by atoms with Crippen LogP contribution in [0.4, 0.5) is 5.69 Å². The molecule has 0 N–H and O–H groups in total. The van der Waals surface area contributed by atoms with Crippen molar-refractivity contribution >= 4 is 34.3 Å². The second kappa shape index (κ2) is 6.74. The van der Waals surface area contributed by atoms with Crippen molar-refractivity contribution in [3.05, 3.63) is 59.4 Å². The number of rotatable bonds is 4. The molecule has 0 saturated carbocycles. The highest BCUT2D eigenvalue weighted by Crippen LogP contribution is 2.33. The maximum atomic E-state index is 13.0. The Hall–Kier alpha value is -2.37. The van der Waals surface area contributed by atoms with E-state index in [1.807, 2.05) is 67.4 Å². The normalized spacial score (nSPS) is 18.8. The van der Waals surface area contributed by atoms with Crippen LogP contribution < -0.4 is 4.90 Å². The molecule has 1 amide bonds. The molecular formula is C20H20ClN3O2. The van der Waals surface area contributed by atoms with E-state index in [9.17, 15) is 4.79 Å². The van der Waals surface area contributed by atoms with E-state index < -0.39 is 0 Å². The second-order valence-corrected chi connectivity index (χ2v) is 7.01. The van der Waals surface area contributed by atoms with Crippen LogP contribution in [0.2, 0.25) is 5.02 Å². The Bertz CT molecular complexity index is 922. The SMILES string of the molecule is C[C@H](c1nc2ccccc2o1)N(C)[C@@H]1CCN(c2ccccc2Cl)C1=O. The molecule has 5 nitrogen and oxygen atoms in total. The van der Waals surface area contributed by atoms with Gasteiger partial charge >= 0.3 is 0 Å². The van der Waals surface area contributed by atoms with Gasteiger partial charge in [0.2, 0.25) is 11.8 Å². The van der Waals surface area contributed by atoms with Gasteiger partial charge in [0.25, 0.3) is 0 Å². The molecule has 2 aromatic carbocycles. The van der Waals surface area contributed by atoms with Gasteiger partial charge in [0, 0.05) is 6.54 Å². The number of carbonyl (C=O) groups is 1. The lowest BCUT2D eigenvalue weighted by molar-refractivity contribution is -0.122. The van der Waals surface area contributed by atoms with Gasteiger partial charge in [-0.25, -0.2) is 4.98 Å². The first-order valence-electron chi connectivity index (χ1n) is 8.69. The molecule has 3 aromatic rings. The van der Waals surface area contributed by atoms with Crippen molar-refractivity contribution in [1.82, 2.24) is 9.88 Å². The number of fused-ring (bicyclic) bond motifs is 1. The molecule has 1 fully saturated rings. The average Bonchev–Trinajstić information content (AvgIpc) is 3.24. The fourth-order valence-electron chi connectivity index (χ4n) is 3.47. The number of para-hydroxylation sites is 3. The van der Waals surface area contributed by atoms with E-state index in [-0.39, 0.29) is 18.0 Å². The van der Waals surface area contributed by atoms with E-state index in [1.54, 1.807) is 4.90 Å². The molecule has 0 aliphatic carbocycles. The summed E-state index contributed by atoms with van der Waals surface area (Å²) in [7, 11) is 1.94. The molecule has 1 aliphatic heterocycles. The Labute approximate surface area is 157 Å². The monoisotopic (exact) mass is 369 g/mol. The van der Waals surface area contributed by atoms with Crippen LogP contribution in [0.5, 0.6) is 0 Å². The van der Waals surface area contributed by atoms with Crippen molar-refractivity contribution in [3.8, 4) is 0 Å². The summed E-state index contributed by atoms with van der Waals surface area (Å²) in [5.74, 6) is 0.682. The van der Waals surface area contributed by atoms with E-state index in [0.717, 1.165) is 23.2 Å². The third kappa shape index (κ3) is 2.87. The van der Waals surface area contributed by atoms with E-state index in [2.05, 4.69) is 4.98 Å². The number of hydrogen-bond donors (Lipinski definition) is 0. The third-order valence-electron chi connectivity index (χ3n) is 5.09. The number of hydrogen-bond acceptors (Lipinski definition) is 4. The van der Waals surface area contributed by atoms with Crippen LogP contribution in [0, 0.1) is 0 Å². The summed E-state index contributed by atoms with van der Waals surface area (Å²) in [6.07, 6.45) is 0.741. The Balaban J connectivity index is 1.55. The quantitative estimate of drug-likeness (QED) is 0.688. The number of benzene rings is 2. The molecule has 2 atom stereocenters. The number of aromatic nitrogens is 1. The number of halogens is 1. The van der Waals surface area contributed by atoms with Gasteiger partial charge in [-0.05, 0) is 44.7 Å². The van der Waals surface area contributed by atoms with Gasteiger partial charge in [-0.15, -0.1) is 0 Å². The zero-order valence-corrected chi connectivity index (χ0v) is 15.5. The highest BCUT2D eigenvalue weighted by atomic mass is 35.5. The fraction of sp³-hybridized carbons (Fsp3) is 0.300. The first kappa shape index (κ1) is 17.1. The summed E-state index contributed by atoms with van der Waals surface area (Å²) >= 11 is 6.27. The Morgan fingerprint density at radius 2 is 1.96 bits per heavy atom. The molecule has 0 spiro atoms. The predicted octanol–water partition coefficient (Wildman–Crippen LogP) is 4.28. The van der Waals surface area contributed by atoms with E-state index in [0.29, 0.717) is 17.5 Å². The first-order valence-corrected chi connectivity index (χ1v) is 9.07.